The summed E-state index contributed by atoms with van der Waals surface area (Å²) >= 11 is 0. The molecule has 0 amide bonds. The molecule has 0 aliphatic carbocycles. The summed E-state index contributed by atoms with van der Waals surface area (Å²) in [5.74, 6) is 0.864. The SMILES string of the molecule is C=C(c1cccnc1)N1CCC(C)CC1. The zero-order chi connectivity index (χ0) is 10.7. The van der Waals surface area contributed by atoms with E-state index >= 15 is 0 Å². The summed E-state index contributed by atoms with van der Waals surface area (Å²) in [6, 6.07) is 4.04. The van der Waals surface area contributed by atoms with Crippen LogP contribution in [0.3, 0.4) is 0 Å². The molecule has 2 nitrogen and oxygen atoms in total. The van der Waals surface area contributed by atoms with E-state index in [1.807, 2.05) is 12.3 Å². The van der Waals surface area contributed by atoms with E-state index < -0.39 is 0 Å². The van der Waals surface area contributed by atoms with Crippen LogP contribution in [0.1, 0.15) is 25.3 Å². The average Bonchev–Trinajstić information content (AvgIpc) is 2.30. The van der Waals surface area contributed by atoms with E-state index in [0.29, 0.717) is 0 Å². The molecule has 0 unspecified atom stereocenters. The first-order chi connectivity index (χ1) is 7.27. The van der Waals surface area contributed by atoms with Crippen LogP contribution >= 0.6 is 0 Å². The van der Waals surface area contributed by atoms with E-state index in [1.54, 1.807) is 6.20 Å². The summed E-state index contributed by atoms with van der Waals surface area (Å²) in [6.07, 6.45) is 6.24. The van der Waals surface area contributed by atoms with Gasteiger partial charge in [0, 0.05) is 36.7 Å². The predicted molar refractivity (Wildman–Crippen MR) is 63.2 cm³/mol. The molecule has 2 heterocycles. The number of aromatic nitrogens is 1. The number of piperidine rings is 1. The van der Waals surface area contributed by atoms with Crippen LogP contribution in [0.4, 0.5) is 0 Å². The van der Waals surface area contributed by atoms with Gasteiger partial charge in [0.2, 0.25) is 0 Å². The Morgan fingerprint density at radius 2 is 2.20 bits per heavy atom. The molecule has 2 heteroatoms. The van der Waals surface area contributed by atoms with E-state index in [1.165, 1.54) is 12.8 Å². The van der Waals surface area contributed by atoms with Gasteiger partial charge in [-0.15, -0.1) is 0 Å². The molecule has 0 aromatic carbocycles. The highest BCUT2D eigenvalue weighted by atomic mass is 15.1. The number of rotatable bonds is 2. The molecule has 1 aliphatic heterocycles. The van der Waals surface area contributed by atoms with E-state index in [-0.39, 0.29) is 0 Å². The Morgan fingerprint density at radius 1 is 1.47 bits per heavy atom. The fourth-order valence-electron chi connectivity index (χ4n) is 1.99. The maximum atomic E-state index is 4.16. The average molecular weight is 202 g/mol. The van der Waals surface area contributed by atoms with E-state index in [0.717, 1.165) is 30.3 Å². The molecule has 1 aliphatic rings. The number of pyridine rings is 1. The monoisotopic (exact) mass is 202 g/mol. The fourth-order valence-corrected chi connectivity index (χ4v) is 1.99. The lowest BCUT2D eigenvalue weighted by molar-refractivity contribution is 0.268. The molecule has 1 saturated heterocycles. The predicted octanol–water partition coefficient (Wildman–Crippen LogP) is 2.78. The van der Waals surface area contributed by atoms with Gasteiger partial charge < -0.3 is 4.90 Å². The smallest absolute Gasteiger partial charge is 0.0382 e. The molecule has 1 aromatic heterocycles. The summed E-state index contributed by atoms with van der Waals surface area (Å²) in [4.78, 5) is 6.50. The van der Waals surface area contributed by atoms with Crippen molar-refractivity contribution in [1.29, 1.82) is 0 Å². The maximum absolute atomic E-state index is 4.16. The van der Waals surface area contributed by atoms with Crippen LogP contribution in [0.5, 0.6) is 0 Å². The molecule has 0 bridgehead atoms. The van der Waals surface area contributed by atoms with E-state index in [4.69, 9.17) is 0 Å². The van der Waals surface area contributed by atoms with Crippen molar-refractivity contribution in [2.24, 2.45) is 5.92 Å². The first-order valence-corrected chi connectivity index (χ1v) is 5.61. The third-order valence-corrected chi connectivity index (χ3v) is 3.16. The minimum Gasteiger partial charge on any atom is -0.371 e. The first kappa shape index (κ1) is 10.2. The largest absolute Gasteiger partial charge is 0.371 e. The second kappa shape index (κ2) is 4.47. The summed E-state index contributed by atoms with van der Waals surface area (Å²) < 4.78 is 0. The van der Waals surface area contributed by atoms with Gasteiger partial charge in [0.05, 0.1) is 0 Å². The Hall–Kier alpha value is -1.31. The first-order valence-electron chi connectivity index (χ1n) is 5.61. The summed E-state index contributed by atoms with van der Waals surface area (Å²) in [5, 5.41) is 0. The van der Waals surface area contributed by atoms with Gasteiger partial charge in [0.25, 0.3) is 0 Å². The molecule has 15 heavy (non-hydrogen) atoms. The molecular weight excluding hydrogens is 184 g/mol. The van der Waals surface area contributed by atoms with Crippen molar-refractivity contribution in [2.75, 3.05) is 13.1 Å². The Bertz CT molecular complexity index is 324. The van der Waals surface area contributed by atoms with Crippen LogP contribution in [0.15, 0.2) is 31.1 Å². The highest BCUT2D eigenvalue weighted by Gasteiger charge is 2.17. The third-order valence-electron chi connectivity index (χ3n) is 3.16. The van der Waals surface area contributed by atoms with Crippen molar-refractivity contribution < 1.29 is 0 Å². The van der Waals surface area contributed by atoms with E-state index in [2.05, 4.69) is 29.5 Å². The second-order valence-corrected chi connectivity index (χ2v) is 4.36. The standard InChI is InChI=1S/C13H18N2/c1-11-5-8-15(9-6-11)12(2)13-4-3-7-14-10-13/h3-4,7,10-11H,2,5-6,8-9H2,1H3. The van der Waals surface area contributed by atoms with Gasteiger partial charge in [-0.1, -0.05) is 13.5 Å². The van der Waals surface area contributed by atoms with Crippen LogP contribution < -0.4 is 0 Å². The topological polar surface area (TPSA) is 16.1 Å². The molecule has 0 atom stereocenters. The second-order valence-electron chi connectivity index (χ2n) is 4.36. The Balaban J connectivity index is 2.03. The Labute approximate surface area is 91.6 Å². The van der Waals surface area contributed by atoms with Gasteiger partial charge >= 0.3 is 0 Å². The molecule has 2 rings (SSSR count). The summed E-state index contributed by atoms with van der Waals surface area (Å²) in [7, 11) is 0. The minimum absolute atomic E-state index is 0.864. The number of nitrogens with zero attached hydrogens (tertiary/aromatic N) is 2. The highest BCUT2D eigenvalue weighted by molar-refractivity contribution is 5.60. The number of hydrogen-bond acceptors (Lipinski definition) is 2. The maximum Gasteiger partial charge on any atom is 0.0382 e. The minimum atomic E-state index is 0.864. The van der Waals surface area contributed by atoms with Crippen molar-refractivity contribution in [3.8, 4) is 0 Å². The Morgan fingerprint density at radius 3 is 2.80 bits per heavy atom. The van der Waals surface area contributed by atoms with Gasteiger partial charge in [-0.2, -0.15) is 0 Å². The van der Waals surface area contributed by atoms with Crippen molar-refractivity contribution in [1.82, 2.24) is 9.88 Å². The molecule has 1 aromatic rings. The van der Waals surface area contributed by atoms with E-state index in [9.17, 15) is 0 Å². The van der Waals surface area contributed by atoms with Gasteiger partial charge in [-0.3, -0.25) is 4.98 Å². The van der Waals surface area contributed by atoms with Crippen molar-refractivity contribution in [2.45, 2.75) is 19.8 Å². The van der Waals surface area contributed by atoms with Crippen LogP contribution in [0.2, 0.25) is 0 Å². The van der Waals surface area contributed by atoms with Crippen LogP contribution in [-0.4, -0.2) is 23.0 Å². The molecule has 0 spiro atoms. The lowest BCUT2D eigenvalue weighted by Crippen LogP contribution is -2.31. The lowest BCUT2D eigenvalue weighted by Gasteiger charge is -2.33. The number of likely N-dealkylation sites (tertiary alicyclic amines) is 1. The molecule has 0 N–H and O–H groups in total. The van der Waals surface area contributed by atoms with Gasteiger partial charge in [-0.05, 0) is 30.9 Å². The van der Waals surface area contributed by atoms with Crippen molar-refractivity contribution in [3.05, 3.63) is 36.7 Å². The summed E-state index contributed by atoms with van der Waals surface area (Å²) in [5.41, 5.74) is 2.27. The molecule has 0 radical (unpaired) electrons. The zero-order valence-electron chi connectivity index (χ0n) is 9.32. The molecule has 1 fully saturated rings. The summed E-state index contributed by atoms with van der Waals surface area (Å²) in [6.45, 7) is 8.75. The zero-order valence-corrected chi connectivity index (χ0v) is 9.32. The lowest BCUT2D eigenvalue weighted by atomic mass is 9.98. The molecule has 0 saturated carbocycles. The molecular formula is C13H18N2. The van der Waals surface area contributed by atoms with Crippen LogP contribution in [-0.2, 0) is 0 Å². The highest BCUT2D eigenvalue weighted by Crippen LogP contribution is 2.23. The van der Waals surface area contributed by atoms with Crippen LogP contribution in [0, 0.1) is 5.92 Å². The van der Waals surface area contributed by atoms with Gasteiger partial charge in [-0.25, -0.2) is 0 Å². The number of hydrogen-bond donors (Lipinski definition) is 0. The van der Waals surface area contributed by atoms with Crippen molar-refractivity contribution in [3.63, 3.8) is 0 Å². The Kier molecular flexibility index (Phi) is 3.05. The molecule has 80 valence electrons. The van der Waals surface area contributed by atoms with Crippen LogP contribution in [0.25, 0.3) is 5.70 Å². The third kappa shape index (κ3) is 2.38. The van der Waals surface area contributed by atoms with Crippen molar-refractivity contribution >= 4 is 5.70 Å². The normalized spacial score (nSPS) is 17.8. The fraction of sp³-hybridized carbons (Fsp3) is 0.462. The van der Waals surface area contributed by atoms with Gasteiger partial charge in [0.1, 0.15) is 0 Å². The quantitative estimate of drug-likeness (QED) is 0.733. The van der Waals surface area contributed by atoms with Gasteiger partial charge in [0.15, 0.2) is 0 Å².